The quantitative estimate of drug-likeness (QED) is 0.638. The maximum atomic E-state index is 9.45. The molecule has 0 spiro atoms. The van der Waals surface area contributed by atoms with Gasteiger partial charge >= 0.3 is 0 Å². The van der Waals surface area contributed by atoms with Gasteiger partial charge in [-0.25, -0.2) is 4.98 Å². The van der Waals surface area contributed by atoms with E-state index in [1.165, 1.54) is 0 Å². The predicted molar refractivity (Wildman–Crippen MR) is 97.5 cm³/mol. The number of nitriles is 1. The summed E-state index contributed by atoms with van der Waals surface area (Å²) >= 11 is 0. The molecule has 3 aromatic rings. The van der Waals surface area contributed by atoms with Crippen LogP contribution in [0.3, 0.4) is 0 Å². The van der Waals surface area contributed by atoms with Crippen LogP contribution in [0.4, 0.5) is 5.69 Å². The Labute approximate surface area is 141 Å². The van der Waals surface area contributed by atoms with Gasteiger partial charge < -0.3 is 9.32 Å². The summed E-state index contributed by atoms with van der Waals surface area (Å²) in [4.78, 5) is 6.59. The van der Waals surface area contributed by atoms with E-state index < -0.39 is 0 Å². The van der Waals surface area contributed by atoms with Gasteiger partial charge in [-0.1, -0.05) is 31.2 Å². The Morgan fingerprint density at radius 2 is 1.96 bits per heavy atom. The number of allylic oxidation sites excluding steroid dienone is 1. The molecule has 0 fully saturated rings. The number of hydrogen-bond donors (Lipinski definition) is 0. The van der Waals surface area contributed by atoms with Gasteiger partial charge in [0.15, 0.2) is 5.58 Å². The Kier molecular flexibility index (Phi) is 4.62. The lowest BCUT2D eigenvalue weighted by Gasteiger charge is -2.18. The molecule has 0 aliphatic carbocycles. The van der Waals surface area contributed by atoms with E-state index in [0.29, 0.717) is 17.0 Å². The van der Waals surface area contributed by atoms with E-state index in [4.69, 9.17) is 4.42 Å². The minimum Gasteiger partial charge on any atom is -0.435 e. The molecule has 24 heavy (non-hydrogen) atoms. The van der Waals surface area contributed by atoms with Crippen LogP contribution in [0, 0.1) is 11.3 Å². The van der Waals surface area contributed by atoms with Gasteiger partial charge in [-0.15, -0.1) is 0 Å². The molecule has 0 atom stereocenters. The highest BCUT2D eigenvalue weighted by Gasteiger charge is 2.10. The first-order valence-corrected chi connectivity index (χ1v) is 8.00. The monoisotopic (exact) mass is 317 g/mol. The summed E-state index contributed by atoms with van der Waals surface area (Å²) in [5.74, 6) is 0.353. The summed E-state index contributed by atoms with van der Waals surface area (Å²) in [5.41, 5.74) is 3.97. The van der Waals surface area contributed by atoms with Gasteiger partial charge in [0.1, 0.15) is 17.2 Å². The summed E-state index contributed by atoms with van der Waals surface area (Å²) in [6.07, 6.45) is 2.91. The van der Waals surface area contributed by atoms with Crippen molar-refractivity contribution in [1.29, 1.82) is 5.26 Å². The van der Waals surface area contributed by atoms with E-state index in [1.54, 1.807) is 6.08 Å². The number of aromatic nitrogens is 1. The molecule has 0 radical (unpaired) electrons. The predicted octanol–water partition coefficient (Wildman–Crippen LogP) is 4.74. The van der Waals surface area contributed by atoms with Crippen molar-refractivity contribution < 1.29 is 4.42 Å². The molecule has 1 heterocycles. The van der Waals surface area contributed by atoms with Gasteiger partial charge in [0.05, 0.1) is 0 Å². The Morgan fingerprint density at radius 3 is 2.62 bits per heavy atom. The van der Waals surface area contributed by atoms with E-state index in [1.807, 2.05) is 36.4 Å². The molecule has 0 unspecified atom stereocenters. The van der Waals surface area contributed by atoms with Crippen molar-refractivity contribution in [3.63, 3.8) is 0 Å². The molecule has 3 rings (SSSR count). The summed E-state index contributed by atoms with van der Waals surface area (Å²) in [6.45, 7) is 3.18. The number of benzene rings is 2. The van der Waals surface area contributed by atoms with E-state index >= 15 is 0 Å². The van der Waals surface area contributed by atoms with E-state index in [0.717, 1.165) is 29.7 Å². The average molecular weight is 317 g/mol. The second kappa shape index (κ2) is 7.01. The van der Waals surface area contributed by atoms with Crippen molar-refractivity contribution in [2.45, 2.75) is 13.3 Å². The zero-order chi connectivity index (χ0) is 16.9. The number of para-hydroxylation sites is 2. The molecule has 0 amide bonds. The molecule has 2 aromatic carbocycles. The van der Waals surface area contributed by atoms with Crippen molar-refractivity contribution in [1.82, 2.24) is 4.98 Å². The Hall–Kier alpha value is -3.06. The highest BCUT2D eigenvalue weighted by atomic mass is 16.3. The molecule has 0 aliphatic heterocycles. The van der Waals surface area contributed by atoms with Gasteiger partial charge in [-0.3, -0.25) is 0 Å². The van der Waals surface area contributed by atoms with Crippen LogP contribution in [0.2, 0.25) is 0 Å². The molecule has 1 aromatic heterocycles. The number of anilines is 1. The van der Waals surface area contributed by atoms with Gasteiger partial charge in [-0.05, 0) is 42.3 Å². The highest BCUT2D eigenvalue weighted by molar-refractivity contribution is 5.88. The maximum absolute atomic E-state index is 9.45. The summed E-state index contributed by atoms with van der Waals surface area (Å²) in [7, 11) is 2.08. The summed E-state index contributed by atoms with van der Waals surface area (Å²) < 4.78 is 5.68. The standard InChI is InChI=1S/C20H19N3O/c1-3-12-23(2)17-10-8-15(9-11-17)13-16(14-21)20-22-18-6-4-5-7-19(18)24-20/h4-11,13H,3,12H2,1-2H3/b16-13+. The third-order valence-electron chi connectivity index (χ3n) is 3.85. The van der Waals surface area contributed by atoms with Crippen molar-refractivity contribution in [2.24, 2.45) is 0 Å². The fraction of sp³-hybridized carbons (Fsp3) is 0.200. The third kappa shape index (κ3) is 3.31. The molecule has 4 nitrogen and oxygen atoms in total. The van der Waals surface area contributed by atoms with Crippen LogP contribution in [0.15, 0.2) is 52.9 Å². The second-order valence-corrected chi connectivity index (χ2v) is 5.67. The number of hydrogen-bond acceptors (Lipinski definition) is 4. The van der Waals surface area contributed by atoms with Crippen LogP contribution in [0.1, 0.15) is 24.8 Å². The number of rotatable bonds is 5. The first-order chi connectivity index (χ1) is 11.7. The highest BCUT2D eigenvalue weighted by Crippen LogP contribution is 2.23. The minimum atomic E-state index is 0.353. The lowest BCUT2D eigenvalue weighted by molar-refractivity contribution is 0.586. The number of nitrogens with zero attached hydrogens (tertiary/aromatic N) is 3. The fourth-order valence-corrected chi connectivity index (χ4v) is 2.59. The van der Waals surface area contributed by atoms with Crippen LogP contribution in [-0.4, -0.2) is 18.6 Å². The Bertz CT molecular complexity index is 868. The lowest BCUT2D eigenvalue weighted by atomic mass is 10.1. The van der Waals surface area contributed by atoms with Gasteiger partial charge in [0.2, 0.25) is 5.89 Å². The van der Waals surface area contributed by atoms with E-state index in [2.05, 4.69) is 42.1 Å². The van der Waals surface area contributed by atoms with Crippen molar-refractivity contribution in [3.8, 4) is 6.07 Å². The molecular weight excluding hydrogens is 298 g/mol. The van der Waals surface area contributed by atoms with Gasteiger partial charge in [0, 0.05) is 19.3 Å². The zero-order valence-electron chi connectivity index (χ0n) is 13.9. The molecule has 0 saturated heterocycles. The van der Waals surface area contributed by atoms with Crippen molar-refractivity contribution >= 4 is 28.4 Å². The molecule has 0 aliphatic rings. The largest absolute Gasteiger partial charge is 0.435 e. The molecule has 0 saturated carbocycles. The van der Waals surface area contributed by atoms with Crippen LogP contribution in [0.25, 0.3) is 22.7 Å². The second-order valence-electron chi connectivity index (χ2n) is 5.67. The number of oxazole rings is 1. The third-order valence-corrected chi connectivity index (χ3v) is 3.85. The summed E-state index contributed by atoms with van der Waals surface area (Å²) in [6, 6.07) is 17.8. The topological polar surface area (TPSA) is 53.1 Å². The summed E-state index contributed by atoms with van der Waals surface area (Å²) in [5, 5.41) is 9.45. The van der Waals surface area contributed by atoms with Crippen LogP contribution in [0.5, 0.6) is 0 Å². The van der Waals surface area contributed by atoms with E-state index in [-0.39, 0.29) is 0 Å². The van der Waals surface area contributed by atoms with Crippen molar-refractivity contribution in [3.05, 3.63) is 60.0 Å². The molecular formula is C20H19N3O. The SMILES string of the molecule is CCCN(C)c1ccc(/C=C(\C#N)c2nc3ccccc3o2)cc1. The Balaban J connectivity index is 1.89. The normalized spacial score (nSPS) is 11.5. The maximum Gasteiger partial charge on any atom is 0.238 e. The smallest absolute Gasteiger partial charge is 0.238 e. The van der Waals surface area contributed by atoms with E-state index in [9.17, 15) is 5.26 Å². The zero-order valence-corrected chi connectivity index (χ0v) is 13.9. The Morgan fingerprint density at radius 1 is 1.21 bits per heavy atom. The van der Waals surface area contributed by atoms with Crippen LogP contribution < -0.4 is 4.90 Å². The van der Waals surface area contributed by atoms with Gasteiger partial charge in [0.25, 0.3) is 0 Å². The first-order valence-electron chi connectivity index (χ1n) is 8.00. The average Bonchev–Trinajstić information content (AvgIpc) is 3.04. The lowest BCUT2D eigenvalue weighted by Crippen LogP contribution is -2.17. The fourth-order valence-electron chi connectivity index (χ4n) is 2.59. The minimum absolute atomic E-state index is 0.353. The van der Waals surface area contributed by atoms with Crippen molar-refractivity contribution in [2.75, 3.05) is 18.5 Å². The number of fused-ring (bicyclic) bond motifs is 1. The molecule has 0 bridgehead atoms. The molecule has 0 N–H and O–H groups in total. The van der Waals surface area contributed by atoms with Gasteiger partial charge in [-0.2, -0.15) is 5.26 Å². The molecule has 4 heteroatoms. The molecule has 120 valence electrons. The van der Waals surface area contributed by atoms with Crippen LogP contribution in [-0.2, 0) is 0 Å². The van der Waals surface area contributed by atoms with Crippen LogP contribution >= 0.6 is 0 Å². The first kappa shape index (κ1) is 15.8.